The lowest BCUT2D eigenvalue weighted by Gasteiger charge is -2.29. The molecule has 0 saturated carbocycles. The molecule has 0 radical (unpaired) electrons. The molecule has 0 aliphatic carbocycles. The smallest absolute Gasteiger partial charge is 0.225 e. The Hall–Kier alpha value is -2.92. The number of carbonyl (C=O) groups excluding carboxylic acids is 1. The minimum atomic E-state index is 0.0171. The number of para-hydroxylation sites is 1. The van der Waals surface area contributed by atoms with Crippen LogP contribution in [0.2, 0.25) is 0 Å². The molecule has 2 fully saturated rings. The monoisotopic (exact) mass is 373 g/mol. The molecule has 3 aromatic rings. The number of ether oxygens (including phenoxy) is 1. The summed E-state index contributed by atoms with van der Waals surface area (Å²) in [7, 11) is 0. The molecule has 1 amide bonds. The summed E-state index contributed by atoms with van der Waals surface area (Å²) >= 11 is 0. The summed E-state index contributed by atoms with van der Waals surface area (Å²) in [6, 6.07) is 22.6. The van der Waals surface area contributed by atoms with Gasteiger partial charge in [-0.3, -0.25) is 4.79 Å². The first-order valence-corrected chi connectivity index (χ1v) is 9.84. The van der Waals surface area contributed by atoms with Crippen LogP contribution in [0.3, 0.4) is 0 Å². The van der Waals surface area contributed by atoms with Crippen molar-refractivity contribution in [3.05, 3.63) is 72.3 Å². The zero-order valence-corrected chi connectivity index (χ0v) is 15.7. The quantitative estimate of drug-likeness (QED) is 0.707. The van der Waals surface area contributed by atoms with E-state index in [0.29, 0.717) is 19.6 Å². The van der Waals surface area contributed by atoms with Gasteiger partial charge in [-0.15, -0.1) is 0 Å². The predicted molar refractivity (Wildman–Crippen MR) is 109 cm³/mol. The number of fused-ring (bicyclic) bond motifs is 2. The Labute approximate surface area is 164 Å². The maximum Gasteiger partial charge on any atom is 0.225 e. The van der Waals surface area contributed by atoms with Gasteiger partial charge in [0.2, 0.25) is 5.91 Å². The first kappa shape index (κ1) is 17.2. The minimum Gasteiger partial charge on any atom is -0.374 e. The fraction of sp³-hybridized carbons (Fsp3) is 0.304. The summed E-state index contributed by atoms with van der Waals surface area (Å²) < 4.78 is 6.07. The van der Waals surface area contributed by atoms with E-state index in [-0.39, 0.29) is 18.1 Å². The molecule has 0 unspecified atom stereocenters. The normalized spacial score (nSPS) is 22.4. The van der Waals surface area contributed by atoms with Gasteiger partial charge in [-0.2, -0.15) is 0 Å². The van der Waals surface area contributed by atoms with Crippen LogP contribution < -0.4 is 4.90 Å². The van der Waals surface area contributed by atoms with E-state index < -0.39 is 0 Å². The fourth-order valence-corrected chi connectivity index (χ4v) is 4.25. The molecule has 2 aromatic carbocycles. The number of nitrogens with zero attached hydrogens (tertiary/aromatic N) is 3. The number of hydrogen-bond acceptors (Lipinski definition) is 4. The molecule has 28 heavy (non-hydrogen) atoms. The minimum absolute atomic E-state index is 0.0171. The van der Waals surface area contributed by atoms with Crippen molar-refractivity contribution < 1.29 is 9.53 Å². The molecule has 142 valence electrons. The summed E-state index contributed by atoms with van der Waals surface area (Å²) in [5.74, 6) is 1.12. The SMILES string of the molecule is O=C1CCO[C@H]2CN(c3ccc4ccccc4n3)C[C@@H]2N1Cc1ccccc1. The number of hydrogen-bond donors (Lipinski definition) is 0. The summed E-state index contributed by atoms with van der Waals surface area (Å²) in [5, 5.41) is 1.14. The summed E-state index contributed by atoms with van der Waals surface area (Å²) in [6.45, 7) is 2.62. The van der Waals surface area contributed by atoms with E-state index in [9.17, 15) is 4.79 Å². The number of anilines is 1. The molecule has 5 rings (SSSR count). The van der Waals surface area contributed by atoms with Crippen LogP contribution >= 0.6 is 0 Å². The van der Waals surface area contributed by atoms with Crippen molar-refractivity contribution in [2.24, 2.45) is 0 Å². The Bertz CT molecular complexity index is 991. The van der Waals surface area contributed by atoms with Crippen molar-refractivity contribution in [1.82, 2.24) is 9.88 Å². The molecular weight excluding hydrogens is 350 g/mol. The van der Waals surface area contributed by atoms with E-state index in [1.165, 1.54) is 0 Å². The molecular formula is C23H23N3O2. The van der Waals surface area contributed by atoms with Crippen LogP contribution in [-0.4, -0.2) is 47.6 Å². The highest BCUT2D eigenvalue weighted by atomic mass is 16.5. The second kappa shape index (κ2) is 7.24. The third-order valence-electron chi connectivity index (χ3n) is 5.71. The first-order chi connectivity index (χ1) is 13.8. The van der Waals surface area contributed by atoms with Crippen LogP contribution in [-0.2, 0) is 16.1 Å². The van der Waals surface area contributed by atoms with Crippen LogP contribution in [0.25, 0.3) is 10.9 Å². The molecule has 3 heterocycles. The van der Waals surface area contributed by atoms with E-state index in [0.717, 1.165) is 35.4 Å². The molecule has 0 bridgehead atoms. The molecule has 2 aliphatic heterocycles. The highest BCUT2D eigenvalue weighted by molar-refractivity contribution is 5.80. The maximum absolute atomic E-state index is 12.8. The van der Waals surface area contributed by atoms with E-state index in [1.54, 1.807) is 0 Å². The lowest BCUT2D eigenvalue weighted by Crippen LogP contribution is -2.45. The van der Waals surface area contributed by atoms with E-state index in [2.05, 4.69) is 35.2 Å². The van der Waals surface area contributed by atoms with Gasteiger partial charge in [-0.05, 0) is 23.8 Å². The van der Waals surface area contributed by atoms with E-state index >= 15 is 0 Å². The molecule has 0 spiro atoms. The summed E-state index contributed by atoms with van der Waals surface area (Å²) in [6.07, 6.45) is 0.470. The Morgan fingerprint density at radius 2 is 1.79 bits per heavy atom. The van der Waals surface area contributed by atoms with E-state index in [1.807, 2.05) is 41.3 Å². The molecule has 1 aromatic heterocycles. The molecule has 0 N–H and O–H groups in total. The van der Waals surface area contributed by atoms with Gasteiger partial charge in [-0.25, -0.2) is 4.98 Å². The van der Waals surface area contributed by atoms with Crippen LogP contribution in [0, 0.1) is 0 Å². The van der Waals surface area contributed by atoms with Crippen molar-refractivity contribution in [2.45, 2.75) is 25.1 Å². The Balaban J connectivity index is 1.42. The molecule has 2 atom stereocenters. The number of benzene rings is 2. The van der Waals surface area contributed by atoms with Gasteiger partial charge in [0, 0.05) is 25.0 Å². The van der Waals surface area contributed by atoms with Crippen molar-refractivity contribution >= 4 is 22.6 Å². The number of pyridine rings is 1. The van der Waals surface area contributed by atoms with Crippen LogP contribution in [0.5, 0.6) is 0 Å². The van der Waals surface area contributed by atoms with Crippen LogP contribution in [0.15, 0.2) is 66.7 Å². The van der Waals surface area contributed by atoms with Gasteiger partial charge in [0.05, 0.1) is 30.7 Å². The second-order valence-corrected chi connectivity index (χ2v) is 7.50. The predicted octanol–water partition coefficient (Wildman–Crippen LogP) is 3.24. The van der Waals surface area contributed by atoms with Gasteiger partial charge in [0.15, 0.2) is 0 Å². The van der Waals surface area contributed by atoms with Gasteiger partial charge in [-0.1, -0.05) is 48.5 Å². The fourth-order valence-electron chi connectivity index (χ4n) is 4.25. The molecule has 2 saturated heterocycles. The van der Waals surface area contributed by atoms with Crippen molar-refractivity contribution in [3.8, 4) is 0 Å². The Morgan fingerprint density at radius 1 is 0.964 bits per heavy atom. The van der Waals surface area contributed by atoms with Crippen LogP contribution in [0.1, 0.15) is 12.0 Å². The lowest BCUT2D eigenvalue weighted by atomic mass is 10.1. The third kappa shape index (κ3) is 3.22. The van der Waals surface area contributed by atoms with Crippen molar-refractivity contribution in [2.75, 3.05) is 24.6 Å². The Morgan fingerprint density at radius 3 is 2.68 bits per heavy atom. The zero-order valence-electron chi connectivity index (χ0n) is 15.7. The van der Waals surface area contributed by atoms with Gasteiger partial charge < -0.3 is 14.5 Å². The Kier molecular flexibility index (Phi) is 4.45. The van der Waals surface area contributed by atoms with Crippen LogP contribution in [0.4, 0.5) is 5.82 Å². The van der Waals surface area contributed by atoms with E-state index in [4.69, 9.17) is 9.72 Å². The van der Waals surface area contributed by atoms with Gasteiger partial charge in [0.1, 0.15) is 5.82 Å². The van der Waals surface area contributed by atoms with Gasteiger partial charge >= 0.3 is 0 Å². The largest absolute Gasteiger partial charge is 0.374 e. The summed E-state index contributed by atoms with van der Waals surface area (Å²) in [4.78, 5) is 21.9. The number of rotatable bonds is 3. The highest BCUT2D eigenvalue weighted by Crippen LogP contribution is 2.29. The third-order valence-corrected chi connectivity index (χ3v) is 5.71. The highest BCUT2D eigenvalue weighted by Gasteiger charge is 2.41. The maximum atomic E-state index is 12.8. The standard InChI is InChI=1S/C23H23N3O2/c27-23-12-13-28-21-16-25(22-11-10-18-8-4-5-9-19(18)24-22)15-20(21)26(23)14-17-6-2-1-3-7-17/h1-11,20-21H,12-16H2/t20-,21-/m0/s1. The molecule has 5 nitrogen and oxygen atoms in total. The number of carbonyl (C=O) groups is 1. The van der Waals surface area contributed by atoms with Crippen molar-refractivity contribution in [1.29, 1.82) is 0 Å². The average Bonchev–Trinajstić information content (AvgIpc) is 3.10. The lowest BCUT2D eigenvalue weighted by molar-refractivity contribution is -0.133. The molecule has 5 heteroatoms. The number of amides is 1. The average molecular weight is 373 g/mol. The van der Waals surface area contributed by atoms with Crippen molar-refractivity contribution in [3.63, 3.8) is 0 Å². The summed E-state index contributed by atoms with van der Waals surface area (Å²) in [5.41, 5.74) is 2.14. The number of aromatic nitrogens is 1. The first-order valence-electron chi connectivity index (χ1n) is 9.84. The zero-order chi connectivity index (χ0) is 18.9. The topological polar surface area (TPSA) is 45.7 Å². The molecule has 2 aliphatic rings. The van der Waals surface area contributed by atoms with Gasteiger partial charge in [0.25, 0.3) is 0 Å². The second-order valence-electron chi connectivity index (χ2n) is 7.50.